The molecule has 0 saturated heterocycles. The van der Waals surface area contributed by atoms with Crippen molar-refractivity contribution in [1.82, 2.24) is 5.32 Å². The van der Waals surface area contributed by atoms with Crippen molar-refractivity contribution in [3.63, 3.8) is 0 Å². The number of aryl methyl sites for hydroxylation is 1. The first-order chi connectivity index (χ1) is 12.9. The summed E-state index contributed by atoms with van der Waals surface area (Å²) in [6.07, 6.45) is 1.02. The van der Waals surface area contributed by atoms with Crippen LogP contribution in [0.15, 0.2) is 36.4 Å². The van der Waals surface area contributed by atoms with Crippen molar-refractivity contribution < 1.29 is 14.2 Å². The second-order valence-corrected chi connectivity index (χ2v) is 7.61. The van der Waals surface area contributed by atoms with Gasteiger partial charge in [0, 0.05) is 12.1 Å². The van der Waals surface area contributed by atoms with E-state index in [-0.39, 0.29) is 5.41 Å². The maximum Gasteiger partial charge on any atom is 0.165 e. The van der Waals surface area contributed by atoms with Crippen molar-refractivity contribution in [2.45, 2.75) is 46.1 Å². The van der Waals surface area contributed by atoms with Crippen LogP contribution in [0, 0.1) is 0 Å². The Morgan fingerprint density at radius 2 is 1.70 bits per heavy atom. The summed E-state index contributed by atoms with van der Waals surface area (Å²) in [5.74, 6) is 2.44. The van der Waals surface area contributed by atoms with Gasteiger partial charge in [0.05, 0.1) is 7.11 Å². The predicted octanol–water partition coefficient (Wildman–Crippen LogP) is 4.73. The average Bonchev–Trinajstić information content (AvgIpc) is 2.65. The van der Waals surface area contributed by atoms with Crippen LogP contribution < -0.4 is 19.5 Å². The molecular formula is C23H33NO3. The van der Waals surface area contributed by atoms with Crippen molar-refractivity contribution in [3.8, 4) is 17.2 Å². The molecule has 0 amide bonds. The van der Waals surface area contributed by atoms with Crippen LogP contribution in [-0.4, -0.2) is 27.4 Å². The number of methoxy groups -OCH3 is 1. The number of nitrogens with one attached hydrogen (secondary N) is 1. The first-order valence-corrected chi connectivity index (χ1v) is 9.60. The van der Waals surface area contributed by atoms with E-state index in [0.717, 1.165) is 35.8 Å². The lowest BCUT2D eigenvalue weighted by atomic mass is 9.85. The Bertz CT molecular complexity index is 735. The third-order valence-electron chi connectivity index (χ3n) is 4.50. The van der Waals surface area contributed by atoms with Gasteiger partial charge >= 0.3 is 0 Å². The summed E-state index contributed by atoms with van der Waals surface area (Å²) in [7, 11) is 3.58. The fraction of sp³-hybridized carbons (Fsp3) is 0.478. The van der Waals surface area contributed by atoms with Crippen LogP contribution >= 0.6 is 0 Å². The maximum atomic E-state index is 6.08. The molecule has 0 heterocycles. The van der Waals surface area contributed by atoms with Gasteiger partial charge in [-0.05, 0) is 42.1 Å². The second kappa shape index (κ2) is 9.65. The quantitative estimate of drug-likeness (QED) is 0.647. The monoisotopic (exact) mass is 371 g/mol. The lowest BCUT2D eigenvalue weighted by Crippen LogP contribution is -2.17. The average molecular weight is 372 g/mol. The van der Waals surface area contributed by atoms with Gasteiger partial charge in [0.15, 0.2) is 11.5 Å². The van der Waals surface area contributed by atoms with E-state index < -0.39 is 0 Å². The molecule has 2 aromatic carbocycles. The van der Waals surface area contributed by atoms with Gasteiger partial charge in [-0.3, -0.25) is 0 Å². The first kappa shape index (κ1) is 21.1. The molecule has 4 nitrogen and oxygen atoms in total. The molecule has 0 atom stereocenters. The standard InChI is InChI=1S/C23H33NO3/c1-7-17-11-12-20(19(15-17)23(2,3)4)26-13-14-27-22-18(16-24-5)9-8-10-21(22)25-6/h8-12,15,24H,7,13-14,16H2,1-6H3. The number of hydrogen-bond donors (Lipinski definition) is 1. The van der Waals surface area contributed by atoms with Crippen LogP contribution in [0.4, 0.5) is 0 Å². The Kier molecular flexibility index (Phi) is 7.55. The Hall–Kier alpha value is -2.20. The van der Waals surface area contributed by atoms with Gasteiger partial charge in [0.1, 0.15) is 19.0 Å². The molecule has 0 aromatic heterocycles. The molecule has 1 N–H and O–H groups in total. The zero-order chi connectivity index (χ0) is 19.9. The lowest BCUT2D eigenvalue weighted by Gasteiger charge is -2.24. The fourth-order valence-corrected chi connectivity index (χ4v) is 3.02. The van der Waals surface area contributed by atoms with Gasteiger partial charge < -0.3 is 19.5 Å². The molecule has 0 aliphatic rings. The lowest BCUT2D eigenvalue weighted by molar-refractivity contribution is 0.207. The highest BCUT2D eigenvalue weighted by Gasteiger charge is 2.19. The highest BCUT2D eigenvalue weighted by Crippen LogP contribution is 2.33. The number of rotatable bonds is 9. The SMILES string of the molecule is CCc1ccc(OCCOc2c(CNC)cccc2OC)c(C(C)(C)C)c1. The van der Waals surface area contributed by atoms with E-state index in [2.05, 4.69) is 51.2 Å². The van der Waals surface area contributed by atoms with Crippen molar-refractivity contribution >= 4 is 0 Å². The molecule has 0 radical (unpaired) electrons. The van der Waals surface area contributed by atoms with Crippen LogP contribution in [-0.2, 0) is 18.4 Å². The maximum absolute atomic E-state index is 6.08. The van der Waals surface area contributed by atoms with E-state index in [0.29, 0.717) is 13.2 Å². The van der Waals surface area contributed by atoms with Crippen molar-refractivity contribution in [3.05, 3.63) is 53.1 Å². The van der Waals surface area contributed by atoms with Crippen molar-refractivity contribution in [1.29, 1.82) is 0 Å². The molecule has 0 aliphatic carbocycles. The van der Waals surface area contributed by atoms with Gasteiger partial charge in [-0.15, -0.1) is 0 Å². The number of hydrogen-bond acceptors (Lipinski definition) is 4. The highest BCUT2D eigenvalue weighted by atomic mass is 16.5. The summed E-state index contributed by atoms with van der Waals surface area (Å²) in [5, 5.41) is 3.16. The smallest absolute Gasteiger partial charge is 0.165 e. The summed E-state index contributed by atoms with van der Waals surface area (Å²) in [4.78, 5) is 0. The van der Waals surface area contributed by atoms with E-state index in [1.165, 1.54) is 11.1 Å². The second-order valence-electron chi connectivity index (χ2n) is 7.61. The zero-order valence-corrected chi connectivity index (χ0v) is 17.5. The molecule has 0 aliphatic heterocycles. The predicted molar refractivity (Wildman–Crippen MR) is 111 cm³/mol. The summed E-state index contributed by atoms with van der Waals surface area (Å²) >= 11 is 0. The summed E-state index contributed by atoms with van der Waals surface area (Å²) in [5.41, 5.74) is 3.66. The Morgan fingerprint density at radius 3 is 2.33 bits per heavy atom. The minimum absolute atomic E-state index is 0.0317. The van der Waals surface area contributed by atoms with E-state index in [1.807, 2.05) is 25.2 Å². The van der Waals surface area contributed by atoms with Crippen LogP contribution in [0.3, 0.4) is 0 Å². The molecule has 2 rings (SSSR count). The molecule has 148 valence electrons. The fourth-order valence-electron chi connectivity index (χ4n) is 3.02. The molecule has 0 spiro atoms. The van der Waals surface area contributed by atoms with E-state index in [1.54, 1.807) is 7.11 Å². The van der Waals surface area contributed by atoms with Crippen LogP contribution in [0.25, 0.3) is 0 Å². The van der Waals surface area contributed by atoms with E-state index >= 15 is 0 Å². The van der Waals surface area contributed by atoms with E-state index in [9.17, 15) is 0 Å². The van der Waals surface area contributed by atoms with Gasteiger partial charge in [-0.2, -0.15) is 0 Å². The van der Waals surface area contributed by atoms with E-state index in [4.69, 9.17) is 14.2 Å². The van der Waals surface area contributed by atoms with Gasteiger partial charge in [-0.25, -0.2) is 0 Å². The van der Waals surface area contributed by atoms with Crippen LogP contribution in [0.2, 0.25) is 0 Å². The topological polar surface area (TPSA) is 39.7 Å². The van der Waals surface area contributed by atoms with Crippen molar-refractivity contribution in [2.24, 2.45) is 0 Å². The van der Waals surface area contributed by atoms with Crippen LogP contribution in [0.1, 0.15) is 44.4 Å². The normalized spacial score (nSPS) is 11.3. The van der Waals surface area contributed by atoms with Gasteiger partial charge in [-0.1, -0.05) is 52.0 Å². The molecule has 0 fully saturated rings. The summed E-state index contributed by atoms with van der Waals surface area (Å²) in [6.45, 7) is 10.5. The zero-order valence-electron chi connectivity index (χ0n) is 17.5. The minimum Gasteiger partial charge on any atom is -0.493 e. The number of para-hydroxylation sites is 1. The Balaban J connectivity index is 2.06. The molecule has 27 heavy (non-hydrogen) atoms. The van der Waals surface area contributed by atoms with Gasteiger partial charge in [0.25, 0.3) is 0 Å². The highest BCUT2D eigenvalue weighted by molar-refractivity contribution is 5.46. The third kappa shape index (κ3) is 5.64. The van der Waals surface area contributed by atoms with Gasteiger partial charge in [0.2, 0.25) is 0 Å². The first-order valence-electron chi connectivity index (χ1n) is 9.60. The molecule has 4 heteroatoms. The molecule has 0 bridgehead atoms. The minimum atomic E-state index is 0.0317. The largest absolute Gasteiger partial charge is 0.493 e. The summed E-state index contributed by atoms with van der Waals surface area (Å²) in [6, 6.07) is 12.4. The third-order valence-corrected chi connectivity index (χ3v) is 4.50. The summed E-state index contributed by atoms with van der Waals surface area (Å²) < 4.78 is 17.5. The van der Waals surface area contributed by atoms with Crippen molar-refractivity contribution in [2.75, 3.05) is 27.4 Å². The Labute approximate surface area is 163 Å². The Morgan fingerprint density at radius 1 is 0.963 bits per heavy atom. The number of ether oxygens (including phenoxy) is 3. The molecule has 0 saturated carbocycles. The number of benzene rings is 2. The molecule has 0 unspecified atom stereocenters. The molecular weight excluding hydrogens is 338 g/mol. The van der Waals surface area contributed by atoms with Crippen LogP contribution in [0.5, 0.6) is 17.2 Å². The molecule has 2 aromatic rings.